The number of nitrogens with one attached hydrogen (secondary N) is 1. The lowest BCUT2D eigenvalue weighted by Gasteiger charge is -2.25. The first kappa shape index (κ1) is 16.2. The molecule has 0 radical (unpaired) electrons. The number of aryl methyl sites for hydroxylation is 1. The molecular formula is C19H19NO4. The average molecular weight is 325 g/mol. The van der Waals surface area contributed by atoms with Crippen LogP contribution in [0.15, 0.2) is 35.1 Å². The third-order valence-electron chi connectivity index (χ3n) is 4.43. The molecule has 1 aliphatic carbocycles. The highest BCUT2D eigenvalue weighted by Gasteiger charge is 2.29. The van der Waals surface area contributed by atoms with E-state index in [9.17, 15) is 14.4 Å². The predicted molar refractivity (Wildman–Crippen MR) is 89.6 cm³/mol. The van der Waals surface area contributed by atoms with E-state index < -0.39 is 11.5 Å². The van der Waals surface area contributed by atoms with Crippen molar-refractivity contribution in [2.24, 2.45) is 0 Å². The Morgan fingerprint density at radius 1 is 1.25 bits per heavy atom. The van der Waals surface area contributed by atoms with E-state index in [1.165, 1.54) is 6.07 Å². The summed E-state index contributed by atoms with van der Waals surface area (Å²) >= 11 is 0. The van der Waals surface area contributed by atoms with Gasteiger partial charge in [0.05, 0.1) is 6.61 Å². The average Bonchev–Trinajstić information content (AvgIpc) is 2.54. The number of carbonyl (C=O) groups is 2. The van der Waals surface area contributed by atoms with Gasteiger partial charge in [-0.25, -0.2) is 4.79 Å². The number of H-pyrrole nitrogens is 1. The van der Waals surface area contributed by atoms with Crippen LogP contribution in [0.1, 0.15) is 56.8 Å². The number of rotatable bonds is 3. The van der Waals surface area contributed by atoms with Crippen molar-refractivity contribution >= 4 is 11.8 Å². The number of pyridine rings is 1. The van der Waals surface area contributed by atoms with Gasteiger partial charge in [-0.3, -0.25) is 9.59 Å². The highest BCUT2D eigenvalue weighted by molar-refractivity contribution is 6.01. The van der Waals surface area contributed by atoms with Gasteiger partial charge in [0, 0.05) is 17.7 Å². The molecule has 0 bridgehead atoms. The van der Waals surface area contributed by atoms with Gasteiger partial charge < -0.3 is 9.72 Å². The van der Waals surface area contributed by atoms with Crippen LogP contribution in [-0.4, -0.2) is 23.3 Å². The minimum Gasteiger partial charge on any atom is -0.462 e. The largest absolute Gasteiger partial charge is 0.462 e. The molecule has 1 heterocycles. The number of ether oxygens (including phenoxy) is 1. The molecule has 1 aromatic heterocycles. The molecule has 1 atom stereocenters. The Morgan fingerprint density at radius 3 is 2.71 bits per heavy atom. The molecule has 0 amide bonds. The third-order valence-corrected chi connectivity index (χ3v) is 4.43. The highest BCUT2D eigenvalue weighted by atomic mass is 16.5. The molecule has 3 rings (SSSR count). The standard InChI is InChI=1S/C19H19NO4/c1-3-24-19(23)15-10-14-16(20-18(15)22)8-12(9-17(14)21)13-7-5-4-6-11(13)2/h4-7,10,12H,3,8-9H2,1-2H3,(H,20,22)/t12-/m1/s1. The molecule has 1 N–H and O–H groups in total. The van der Waals surface area contributed by atoms with Crippen LogP contribution < -0.4 is 5.56 Å². The summed E-state index contributed by atoms with van der Waals surface area (Å²) < 4.78 is 4.87. The zero-order chi connectivity index (χ0) is 17.3. The molecule has 5 heteroatoms. The van der Waals surface area contributed by atoms with Crippen LogP contribution in [0.4, 0.5) is 0 Å². The van der Waals surface area contributed by atoms with Crippen molar-refractivity contribution in [1.82, 2.24) is 4.98 Å². The fourth-order valence-electron chi connectivity index (χ4n) is 3.26. The first-order valence-corrected chi connectivity index (χ1v) is 8.03. The quantitative estimate of drug-likeness (QED) is 0.880. The molecular weight excluding hydrogens is 306 g/mol. The number of esters is 1. The summed E-state index contributed by atoms with van der Waals surface area (Å²) in [6.07, 6.45) is 0.941. The van der Waals surface area contributed by atoms with Gasteiger partial charge in [0.2, 0.25) is 0 Å². The zero-order valence-electron chi connectivity index (χ0n) is 13.7. The smallest absolute Gasteiger partial charge is 0.343 e. The number of fused-ring (bicyclic) bond motifs is 1. The lowest BCUT2D eigenvalue weighted by molar-refractivity contribution is 0.0524. The van der Waals surface area contributed by atoms with Crippen molar-refractivity contribution in [2.45, 2.75) is 32.6 Å². The third kappa shape index (κ3) is 2.89. The molecule has 0 unspecified atom stereocenters. The van der Waals surface area contributed by atoms with Crippen LogP contribution >= 0.6 is 0 Å². The van der Waals surface area contributed by atoms with Crippen molar-refractivity contribution in [3.05, 3.63) is 68.6 Å². The van der Waals surface area contributed by atoms with E-state index in [0.29, 0.717) is 24.1 Å². The molecule has 0 saturated carbocycles. The van der Waals surface area contributed by atoms with Gasteiger partial charge >= 0.3 is 5.97 Å². The first-order chi connectivity index (χ1) is 11.5. The number of aromatic amines is 1. The maximum atomic E-state index is 12.6. The van der Waals surface area contributed by atoms with Crippen LogP contribution in [0, 0.1) is 6.92 Å². The summed E-state index contributed by atoms with van der Waals surface area (Å²) in [5.74, 6) is -0.725. The van der Waals surface area contributed by atoms with E-state index in [2.05, 4.69) is 4.98 Å². The molecule has 2 aromatic rings. The lowest BCUT2D eigenvalue weighted by Crippen LogP contribution is -2.28. The molecule has 24 heavy (non-hydrogen) atoms. The maximum absolute atomic E-state index is 12.6. The summed E-state index contributed by atoms with van der Waals surface area (Å²) in [4.78, 5) is 39.2. The number of aromatic nitrogens is 1. The topological polar surface area (TPSA) is 76.2 Å². The monoisotopic (exact) mass is 325 g/mol. The number of Topliss-reactive ketones (excluding diaryl/α,β-unsaturated/α-hetero) is 1. The summed E-state index contributed by atoms with van der Waals surface area (Å²) in [6, 6.07) is 9.33. The SMILES string of the molecule is CCOC(=O)c1cc2c([nH]c1=O)C[C@@H](c1ccccc1C)CC2=O. The van der Waals surface area contributed by atoms with Crippen molar-refractivity contribution in [1.29, 1.82) is 0 Å². The van der Waals surface area contributed by atoms with Gasteiger partial charge in [-0.15, -0.1) is 0 Å². The van der Waals surface area contributed by atoms with Crippen LogP contribution in [0.25, 0.3) is 0 Å². The first-order valence-electron chi connectivity index (χ1n) is 8.03. The van der Waals surface area contributed by atoms with Crippen LogP contribution in [0.5, 0.6) is 0 Å². The number of carbonyl (C=O) groups excluding carboxylic acids is 2. The lowest BCUT2D eigenvalue weighted by atomic mass is 9.80. The number of hydrogen-bond acceptors (Lipinski definition) is 4. The Labute approximate surface area is 139 Å². The summed E-state index contributed by atoms with van der Waals surface area (Å²) in [6.45, 7) is 3.86. The van der Waals surface area contributed by atoms with E-state index in [0.717, 1.165) is 11.1 Å². The van der Waals surface area contributed by atoms with Gasteiger partial charge in [-0.1, -0.05) is 24.3 Å². The fraction of sp³-hybridized carbons (Fsp3) is 0.316. The number of benzene rings is 1. The van der Waals surface area contributed by atoms with Crippen LogP contribution in [0.2, 0.25) is 0 Å². The van der Waals surface area contributed by atoms with Gasteiger partial charge in [-0.05, 0) is 43.4 Å². The summed E-state index contributed by atoms with van der Waals surface area (Å²) in [5, 5.41) is 0. The minimum absolute atomic E-state index is 0.0373. The Balaban J connectivity index is 1.99. The molecule has 1 aliphatic rings. The molecule has 0 saturated heterocycles. The van der Waals surface area contributed by atoms with Gasteiger partial charge in [0.1, 0.15) is 5.56 Å². The second kappa shape index (κ2) is 6.43. The van der Waals surface area contributed by atoms with Crippen molar-refractivity contribution < 1.29 is 14.3 Å². The second-order valence-electron chi connectivity index (χ2n) is 6.01. The van der Waals surface area contributed by atoms with Crippen LogP contribution in [-0.2, 0) is 11.2 Å². The maximum Gasteiger partial charge on any atom is 0.343 e. The number of hydrogen-bond donors (Lipinski definition) is 1. The Bertz CT molecular complexity index is 866. The van der Waals surface area contributed by atoms with E-state index in [1.54, 1.807) is 6.92 Å². The highest BCUT2D eigenvalue weighted by Crippen LogP contribution is 2.33. The molecule has 124 valence electrons. The Morgan fingerprint density at radius 2 is 2.00 bits per heavy atom. The number of ketones is 1. The normalized spacial score (nSPS) is 16.6. The second-order valence-corrected chi connectivity index (χ2v) is 6.01. The van der Waals surface area contributed by atoms with E-state index in [1.807, 2.05) is 31.2 Å². The molecule has 0 aliphatic heterocycles. The summed E-state index contributed by atoms with van der Waals surface area (Å²) in [7, 11) is 0. The molecule has 0 fully saturated rings. The van der Waals surface area contributed by atoms with Crippen molar-refractivity contribution in [3.8, 4) is 0 Å². The van der Waals surface area contributed by atoms with E-state index in [4.69, 9.17) is 4.74 Å². The van der Waals surface area contributed by atoms with Crippen molar-refractivity contribution in [2.75, 3.05) is 6.61 Å². The van der Waals surface area contributed by atoms with Crippen LogP contribution in [0.3, 0.4) is 0 Å². The van der Waals surface area contributed by atoms with Gasteiger partial charge in [-0.2, -0.15) is 0 Å². The van der Waals surface area contributed by atoms with E-state index in [-0.39, 0.29) is 23.9 Å². The zero-order valence-corrected chi connectivity index (χ0v) is 13.7. The van der Waals surface area contributed by atoms with Crippen molar-refractivity contribution in [3.63, 3.8) is 0 Å². The molecule has 5 nitrogen and oxygen atoms in total. The molecule has 0 spiro atoms. The Kier molecular flexibility index (Phi) is 4.34. The summed E-state index contributed by atoms with van der Waals surface area (Å²) in [5.41, 5.74) is 2.64. The predicted octanol–water partition coefficient (Wildman–Crippen LogP) is 2.77. The Hall–Kier alpha value is -2.69. The van der Waals surface area contributed by atoms with Gasteiger partial charge in [0.25, 0.3) is 5.56 Å². The molecule has 1 aromatic carbocycles. The minimum atomic E-state index is -0.699. The fourth-order valence-corrected chi connectivity index (χ4v) is 3.26. The van der Waals surface area contributed by atoms with E-state index >= 15 is 0 Å². The van der Waals surface area contributed by atoms with Gasteiger partial charge in [0.15, 0.2) is 5.78 Å².